The number of hydrogen-bond acceptors (Lipinski definition) is 3. The van der Waals surface area contributed by atoms with E-state index in [1.54, 1.807) is 0 Å². The molecule has 1 amide bonds. The molecule has 0 bridgehead atoms. The maximum Gasteiger partial charge on any atom is 0.234 e. The highest BCUT2D eigenvalue weighted by atomic mass is 16.5. The minimum Gasteiger partial charge on any atom is -0.376 e. The maximum atomic E-state index is 10.9. The van der Waals surface area contributed by atoms with Gasteiger partial charge in [0.15, 0.2) is 0 Å². The Morgan fingerprint density at radius 1 is 1.62 bits per heavy atom. The van der Waals surface area contributed by atoms with Crippen LogP contribution in [-0.4, -0.2) is 24.2 Å². The van der Waals surface area contributed by atoms with Gasteiger partial charge in [-0.15, -0.1) is 0 Å². The van der Waals surface area contributed by atoms with Gasteiger partial charge in [0.1, 0.15) is 0 Å². The predicted molar refractivity (Wildman–Crippen MR) is 49.9 cm³/mol. The smallest absolute Gasteiger partial charge is 0.234 e. The number of hydrogen-bond donors (Lipinski definition) is 2. The van der Waals surface area contributed by atoms with Crippen LogP contribution in [-0.2, 0) is 9.53 Å². The highest BCUT2D eigenvalue weighted by molar-refractivity contribution is 5.79. The number of rotatable bonds is 2. The summed E-state index contributed by atoms with van der Waals surface area (Å²) in [7, 11) is 0. The normalized spacial score (nSPS) is 29.6. The van der Waals surface area contributed by atoms with E-state index < -0.39 is 11.9 Å². The number of carbonyl (C=O) groups is 1. The van der Waals surface area contributed by atoms with E-state index in [9.17, 15) is 4.79 Å². The molecule has 0 aromatic rings. The Balaban J connectivity index is 2.56. The highest BCUT2D eigenvalue weighted by Crippen LogP contribution is 2.29. The van der Waals surface area contributed by atoms with E-state index in [2.05, 4.69) is 0 Å². The summed E-state index contributed by atoms with van der Waals surface area (Å²) in [6.07, 6.45) is 1.63. The molecule has 1 heterocycles. The van der Waals surface area contributed by atoms with E-state index in [-0.39, 0.29) is 11.5 Å². The van der Waals surface area contributed by atoms with Crippen molar-refractivity contribution >= 4 is 5.91 Å². The number of nitrogens with two attached hydrogens (primary N) is 2. The second kappa shape index (κ2) is 3.64. The van der Waals surface area contributed by atoms with Crippen molar-refractivity contribution < 1.29 is 9.53 Å². The first-order chi connectivity index (χ1) is 5.92. The summed E-state index contributed by atoms with van der Waals surface area (Å²) in [5, 5.41) is 0. The van der Waals surface area contributed by atoms with E-state index in [0.717, 1.165) is 12.8 Å². The third-order valence-corrected chi connectivity index (χ3v) is 2.57. The lowest BCUT2D eigenvalue weighted by atomic mass is 9.83. The Morgan fingerprint density at radius 2 is 2.23 bits per heavy atom. The van der Waals surface area contributed by atoms with Crippen LogP contribution < -0.4 is 11.5 Å². The number of carbonyl (C=O) groups excluding carboxylic acids is 1. The molecule has 0 aliphatic carbocycles. The monoisotopic (exact) mass is 186 g/mol. The van der Waals surface area contributed by atoms with Crippen LogP contribution in [0.5, 0.6) is 0 Å². The van der Waals surface area contributed by atoms with E-state index >= 15 is 0 Å². The van der Waals surface area contributed by atoms with Crippen LogP contribution in [0.15, 0.2) is 0 Å². The van der Waals surface area contributed by atoms with E-state index in [4.69, 9.17) is 16.2 Å². The minimum atomic E-state index is -0.525. The molecular formula is C9H18N2O2. The van der Waals surface area contributed by atoms with Crippen molar-refractivity contribution in [2.45, 2.75) is 38.3 Å². The van der Waals surface area contributed by atoms with Crippen molar-refractivity contribution in [2.24, 2.45) is 17.4 Å². The standard InChI is InChI=1S/C9H18N2O2/c1-9(2)5-6(3-4-13-9)7(10)8(11)12/h6-7H,3-5,10H2,1-2H3,(H2,11,12). The van der Waals surface area contributed by atoms with Crippen molar-refractivity contribution in [3.8, 4) is 0 Å². The van der Waals surface area contributed by atoms with E-state index in [1.807, 2.05) is 13.8 Å². The highest BCUT2D eigenvalue weighted by Gasteiger charge is 2.33. The lowest BCUT2D eigenvalue weighted by Gasteiger charge is -2.37. The Kier molecular flexibility index (Phi) is 2.93. The number of amides is 1. The zero-order valence-corrected chi connectivity index (χ0v) is 8.25. The molecule has 4 N–H and O–H groups in total. The Morgan fingerprint density at radius 3 is 2.69 bits per heavy atom. The van der Waals surface area contributed by atoms with Crippen LogP contribution in [0.1, 0.15) is 26.7 Å². The molecule has 2 unspecified atom stereocenters. The quantitative estimate of drug-likeness (QED) is 0.637. The van der Waals surface area contributed by atoms with Gasteiger partial charge in [-0.2, -0.15) is 0 Å². The number of primary amides is 1. The van der Waals surface area contributed by atoms with Gasteiger partial charge in [0.05, 0.1) is 11.6 Å². The molecule has 0 saturated carbocycles. The molecule has 1 aliphatic heterocycles. The molecule has 0 spiro atoms. The Labute approximate surface area is 78.6 Å². The summed E-state index contributed by atoms with van der Waals surface area (Å²) in [4.78, 5) is 10.9. The summed E-state index contributed by atoms with van der Waals surface area (Å²) in [5.41, 5.74) is 10.7. The van der Waals surface area contributed by atoms with Gasteiger partial charge in [0.25, 0.3) is 0 Å². The van der Waals surface area contributed by atoms with Crippen LogP contribution in [0.25, 0.3) is 0 Å². The van der Waals surface area contributed by atoms with Crippen LogP contribution in [0, 0.1) is 5.92 Å². The molecule has 2 atom stereocenters. The topological polar surface area (TPSA) is 78.3 Å². The van der Waals surface area contributed by atoms with Crippen LogP contribution >= 0.6 is 0 Å². The van der Waals surface area contributed by atoms with Crippen LogP contribution in [0.2, 0.25) is 0 Å². The van der Waals surface area contributed by atoms with Crippen molar-refractivity contribution in [3.05, 3.63) is 0 Å². The van der Waals surface area contributed by atoms with Crippen molar-refractivity contribution in [3.63, 3.8) is 0 Å². The molecule has 4 heteroatoms. The molecule has 13 heavy (non-hydrogen) atoms. The first kappa shape index (κ1) is 10.5. The summed E-state index contributed by atoms with van der Waals surface area (Å²) in [6, 6.07) is -0.525. The SMILES string of the molecule is CC1(C)CC(C(N)C(N)=O)CCO1. The van der Waals surface area contributed by atoms with E-state index in [1.165, 1.54) is 0 Å². The second-order valence-corrected chi connectivity index (χ2v) is 4.29. The van der Waals surface area contributed by atoms with Crippen molar-refractivity contribution in [1.82, 2.24) is 0 Å². The van der Waals surface area contributed by atoms with Crippen molar-refractivity contribution in [2.75, 3.05) is 6.61 Å². The van der Waals surface area contributed by atoms with Gasteiger partial charge >= 0.3 is 0 Å². The first-order valence-corrected chi connectivity index (χ1v) is 4.61. The minimum absolute atomic E-state index is 0.168. The molecule has 4 nitrogen and oxygen atoms in total. The molecule has 0 aromatic heterocycles. The second-order valence-electron chi connectivity index (χ2n) is 4.29. The summed E-state index contributed by atoms with van der Waals surface area (Å²) >= 11 is 0. The third kappa shape index (κ3) is 2.67. The van der Waals surface area contributed by atoms with Gasteiger partial charge in [-0.05, 0) is 32.6 Å². The molecule has 1 fully saturated rings. The Bertz CT molecular complexity index is 204. The van der Waals surface area contributed by atoms with Gasteiger partial charge in [-0.3, -0.25) is 4.79 Å². The Hall–Kier alpha value is -0.610. The zero-order valence-electron chi connectivity index (χ0n) is 8.25. The van der Waals surface area contributed by atoms with Gasteiger partial charge in [-0.1, -0.05) is 0 Å². The van der Waals surface area contributed by atoms with Gasteiger partial charge in [0, 0.05) is 6.61 Å². The summed E-state index contributed by atoms with van der Waals surface area (Å²) < 4.78 is 5.52. The fourth-order valence-corrected chi connectivity index (χ4v) is 1.82. The van der Waals surface area contributed by atoms with E-state index in [0.29, 0.717) is 6.61 Å². The lowest BCUT2D eigenvalue weighted by molar-refractivity contribution is -0.124. The summed E-state index contributed by atoms with van der Waals surface area (Å²) in [6.45, 7) is 4.68. The number of ether oxygens (including phenoxy) is 1. The third-order valence-electron chi connectivity index (χ3n) is 2.57. The average molecular weight is 186 g/mol. The van der Waals surface area contributed by atoms with Crippen LogP contribution in [0.4, 0.5) is 0 Å². The molecule has 1 rings (SSSR count). The largest absolute Gasteiger partial charge is 0.376 e. The predicted octanol–water partition coefficient (Wildman–Crippen LogP) is 0.00420. The van der Waals surface area contributed by atoms with Gasteiger partial charge < -0.3 is 16.2 Å². The molecular weight excluding hydrogens is 168 g/mol. The van der Waals surface area contributed by atoms with Gasteiger partial charge in [0.2, 0.25) is 5.91 Å². The first-order valence-electron chi connectivity index (χ1n) is 4.61. The maximum absolute atomic E-state index is 10.9. The fraction of sp³-hybridized carbons (Fsp3) is 0.889. The fourth-order valence-electron chi connectivity index (χ4n) is 1.82. The lowest BCUT2D eigenvalue weighted by Crippen LogP contribution is -2.48. The molecule has 1 aliphatic rings. The molecule has 1 saturated heterocycles. The molecule has 76 valence electrons. The molecule has 0 radical (unpaired) electrons. The average Bonchev–Trinajstić information content (AvgIpc) is 2.01. The summed E-state index contributed by atoms with van der Waals surface area (Å²) in [5.74, 6) is -0.246. The zero-order chi connectivity index (χ0) is 10.1. The van der Waals surface area contributed by atoms with Gasteiger partial charge in [-0.25, -0.2) is 0 Å². The van der Waals surface area contributed by atoms with Crippen LogP contribution in [0.3, 0.4) is 0 Å². The van der Waals surface area contributed by atoms with Crippen molar-refractivity contribution in [1.29, 1.82) is 0 Å². The molecule has 0 aromatic carbocycles.